The van der Waals surface area contributed by atoms with Crippen molar-refractivity contribution in [2.75, 3.05) is 5.73 Å². The average Bonchev–Trinajstić information content (AvgIpc) is 2.89. The van der Waals surface area contributed by atoms with Gasteiger partial charge in [-0.15, -0.1) is 0 Å². The standard InChI is InChI=1S/C13H10N4O/c14-11-6-10(7-15-8-11)13-16-12(17-18-13)9-4-2-1-3-5-9/h1-8H,14H2. The second-order valence-corrected chi connectivity index (χ2v) is 3.80. The molecule has 0 saturated carbocycles. The van der Waals surface area contributed by atoms with Gasteiger partial charge >= 0.3 is 0 Å². The second-order valence-electron chi connectivity index (χ2n) is 3.80. The Labute approximate surface area is 103 Å². The maximum absolute atomic E-state index is 5.66. The predicted molar refractivity (Wildman–Crippen MR) is 67.4 cm³/mol. The van der Waals surface area contributed by atoms with Crippen molar-refractivity contribution in [2.45, 2.75) is 0 Å². The molecule has 0 saturated heterocycles. The highest BCUT2D eigenvalue weighted by atomic mass is 16.5. The summed E-state index contributed by atoms with van der Waals surface area (Å²) in [6, 6.07) is 11.4. The van der Waals surface area contributed by atoms with Crippen LogP contribution in [0.4, 0.5) is 5.69 Å². The fraction of sp³-hybridized carbons (Fsp3) is 0. The molecule has 0 aliphatic heterocycles. The van der Waals surface area contributed by atoms with Crippen LogP contribution in [-0.4, -0.2) is 15.1 Å². The van der Waals surface area contributed by atoms with Gasteiger partial charge in [-0.05, 0) is 6.07 Å². The summed E-state index contributed by atoms with van der Waals surface area (Å²) in [6.45, 7) is 0. The molecule has 2 N–H and O–H groups in total. The largest absolute Gasteiger partial charge is 0.397 e. The van der Waals surface area contributed by atoms with E-state index in [-0.39, 0.29) is 0 Å². The Hall–Kier alpha value is -2.69. The van der Waals surface area contributed by atoms with Crippen LogP contribution in [0.15, 0.2) is 53.3 Å². The van der Waals surface area contributed by atoms with E-state index in [9.17, 15) is 0 Å². The van der Waals surface area contributed by atoms with Gasteiger partial charge in [-0.1, -0.05) is 35.5 Å². The van der Waals surface area contributed by atoms with E-state index in [1.54, 1.807) is 18.5 Å². The van der Waals surface area contributed by atoms with Gasteiger partial charge in [0.1, 0.15) is 0 Å². The molecule has 0 unspecified atom stereocenters. The predicted octanol–water partition coefficient (Wildman–Crippen LogP) is 2.38. The Morgan fingerprint density at radius 2 is 1.83 bits per heavy atom. The van der Waals surface area contributed by atoms with Crippen molar-refractivity contribution in [3.63, 3.8) is 0 Å². The fourth-order valence-electron chi connectivity index (χ4n) is 1.62. The summed E-state index contributed by atoms with van der Waals surface area (Å²) in [7, 11) is 0. The third-order valence-electron chi connectivity index (χ3n) is 2.46. The lowest BCUT2D eigenvalue weighted by atomic mass is 10.2. The van der Waals surface area contributed by atoms with Crippen LogP contribution in [0.3, 0.4) is 0 Å². The molecule has 18 heavy (non-hydrogen) atoms. The van der Waals surface area contributed by atoms with E-state index in [1.807, 2.05) is 30.3 Å². The van der Waals surface area contributed by atoms with Gasteiger partial charge in [0.2, 0.25) is 5.82 Å². The fourth-order valence-corrected chi connectivity index (χ4v) is 1.62. The molecule has 1 aromatic carbocycles. The van der Waals surface area contributed by atoms with Crippen molar-refractivity contribution in [3.8, 4) is 22.8 Å². The first-order valence-electron chi connectivity index (χ1n) is 5.43. The van der Waals surface area contributed by atoms with Gasteiger partial charge in [0, 0.05) is 18.0 Å². The maximum Gasteiger partial charge on any atom is 0.259 e. The van der Waals surface area contributed by atoms with Gasteiger partial charge in [-0.25, -0.2) is 0 Å². The summed E-state index contributed by atoms with van der Waals surface area (Å²) in [5.74, 6) is 0.960. The molecule has 0 spiro atoms. The van der Waals surface area contributed by atoms with Crippen LogP contribution in [-0.2, 0) is 0 Å². The number of anilines is 1. The van der Waals surface area contributed by atoms with Gasteiger partial charge in [-0.3, -0.25) is 4.98 Å². The smallest absolute Gasteiger partial charge is 0.259 e. The first kappa shape index (κ1) is 10.5. The highest BCUT2D eigenvalue weighted by molar-refractivity contribution is 5.61. The number of hydrogen-bond acceptors (Lipinski definition) is 5. The Kier molecular flexibility index (Phi) is 2.49. The molecular weight excluding hydrogens is 228 g/mol. The normalized spacial score (nSPS) is 10.4. The van der Waals surface area contributed by atoms with E-state index >= 15 is 0 Å². The summed E-state index contributed by atoms with van der Waals surface area (Å²) < 4.78 is 5.20. The number of benzene rings is 1. The molecule has 0 amide bonds. The Morgan fingerprint density at radius 1 is 1.00 bits per heavy atom. The molecule has 0 aliphatic rings. The van der Waals surface area contributed by atoms with E-state index < -0.39 is 0 Å². The molecule has 0 radical (unpaired) electrons. The van der Waals surface area contributed by atoms with Crippen molar-refractivity contribution in [3.05, 3.63) is 48.8 Å². The van der Waals surface area contributed by atoms with Gasteiger partial charge in [-0.2, -0.15) is 4.98 Å². The quantitative estimate of drug-likeness (QED) is 0.741. The lowest BCUT2D eigenvalue weighted by Gasteiger charge is -1.94. The van der Waals surface area contributed by atoms with Crippen LogP contribution < -0.4 is 5.73 Å². The van der Waals surface area contributed by atoms with Crippen LogP contribution in [0.1, 0.15) is 0 Å². The van der Waals surface area contributed by atoms with Crippen molar-refractivity contribution in [2.24, 2.45) is 0 Å². The maximum atomic E-state index is 5.66. The number of nitrogens with two attached hydrogens (primary N) is 1. The number of nitrogens with zero attached hydrogens (tertiary/aromatic N) is 3. The lowest BCUT2D eigenvalue weighted by Crippen LogP contribution is -1.87. The summed E-state index contributed by atoms with van der Waals surface area (Å²) in [4.78, 5) is 8.31. The third kappa shape index (κ3) is 1.93. The summed E-state index contributed by atoms with van der Waals surface area (Å²) in [5, 5.41) is 3.94. The van der Waals surface area contributed by atoms with Crippen molar-refractivity contribution in [1.82, 2.24) is 15.1 Å². The minimum absolute atomic E-state index is 0.411. The topological polar surface area (TPSA) is 77.8 Å². The number of aromatic nitrogens is 3. The first-order chi connectivity index (χ1) is 8.83. The number of hydrogen-bond donors (Lipinski definition) is 1. The van der Waals surface area contributed by atoms with Crippen LogP contribution in [0.25, 0.3) is 22.8 Å². The Balaban J connectivity index is 2.00. The molecule has 88 valence electrons. The molecular formula is C13H10N4O. The first-order valence-corrected chi connectivity index (χ1v) is 5.43. The molecule has 2 aromatic heterocycles. The van der Waals surface area contributed by atoms with Gasteiger partial charge < -0.3 is 10.3 Å². The zero-order valence-electron chi connectivity index (χ0n) is 9.45. The molecule has 0 bridgehead atoms. The van der Waals surface area contributed by atoms with E-state index in [2.05, 4.69) is 15.1 Å². The Morgan fingerprint density at radius 3 is 2.61 bits per heavy atom. The van der Waals surface area contributed by atoms with Crippen molar-refractivity contribution in [1.29, 1.82) is 0 Å². The van der Waals surface area contributed by atoms with Gasteiger partial charge in [0.05, 0.1) is 11.3 Å². The molecule has 3 aromatic rings. The highest BCUT2D eigenvalue weighted by Gasteiger charge is 2.10. The molecule has 0 aliphatic carbocycles. The highest BCUT2D eigenvalue weighted by Crippen LogP contribution is 2.22. The minimum atomic E-state index is 0.411. The molecule has 5 nitrogen and oxygen atoms in total. The monoisotopic (exact) mass is 238 g/mol. The number of pyridine rings is 1. The van der Waals surface area contributed by atoms with E-state index in [0.29, 0.717) is 23.0 Å². The van der Waals surface area contributed by atoms with Crippen LogP contribution in [0.5, 0.6) is 0 Å². The summed E-state index contributed by atoms with van der Waals surface area (Å²) in [5.41, 5.74) is 7.84. The van der Waals surface area contributed by atoms with E-state index in [1.165, 1.54) is 0 Å². The molecule has 3 rings (SSSR count). The van der Waals surface area contributed by atoms with E-state index in [4.69, 9.17) is 10.3 Å². The third-order valence-corrected chi connectivity index (χ3v) is 2.46. The van der Waals surface area contributed by atoms with Gasteiger partial charge in [0.25, 0.3) is 5.89 Å². The Bertz CT molecular complexity index is 664. The zero-order valence-corrected chi connectivity index (χ0v) is 9.45. The lowest BCUT2D eigenvalue weighted by molar-refractivity contribution is 0.432. The van der Waals surface area contributed by atoms with Crippen molar-refractivity contribution < 1.29 is 4.52 Å². The molecule has 0 fully saturated rings. The molecule has 5 heteroatoms. The second kappa shape index (κ2) is 4.29. The number of rotatable bonds is 2. The summed E-state index contributed by atoms with van der Waals surface area (Å²) >= 11 is 0. The van der Waals surface area contributed by atoms with Crippen molar-refractivity contribution >= 4 is 5.69 Å². The number of nitrogen functional groups attached to an aromatic ring is 1. The van der Waals surface area contributed by atoms with Crippen LogP contribution in [0.2, 0.25) is 0 Å². The van der Waals surface area contributed by atoms with Gasteiger partial charge in [0.15, 0.2) is 0 Å². The molecule has 0 atom stereocenters. The molecule has 2 heterocycles. The SMILES string of the molecule is Nc1cncc(-c2nc(-c3ccccc3)no2)c1. The zero-order chi connectivity index (χ0) is 12.4. The van der Waals surface area contributed by atoms with Crippen LogP contribution >= 0.6 is 0 Å². The average molecular weight is 238 g/mol. The minimum Gasteiger partial charge on any atom is -0.397 e. The summed E-state index contributed by atoms with van der Waals surface area (Å²) in [6.07, 6.45) is 3.20. The van der Waals surface area contributed by atoms with Crippen LogP contribution in [0, 0.1) is 0 Å². The van der Waals surface area contributed by atoms with E-state index in [0.717, 1.165) is 5.56 Å².